The lowest BCUT2D eigenvalue weighted by Crippen LogP contribution is -2.49. The van der Waals surface area contributed by atoms with Crippen LogP contribution < -0.4 is 9.80 Å². The van der Waals surface area contributed by atoms with Crippen LogP contribution in [0.5, 0.6) is 0 Å². The summed E-state index contributed by atoms with van der Waals surface area (Å²) >= 11 is 0. The molecule has 28 heavy (non-hydrogen) atoms. The van der Waals surface area contributed by atoms with Gasteiger partial charge in [0.2, 0.25) is 0 Å². The van der Waals surface area contributed by atoms with E-state index in [2.05, 4.69) is 51.8 Å². The number of aromatic nitrogens is 2. The predicted octanol–water partition coefficient (Wildman–Crippen LogP) is 3.05. The van der Waals surface area contributed by atoms with Gasteiger partial charge in [0, 0.05) is 45.0 Å². The highest BCUT2D eigenvalue weighted by Crippen LogP contribution is 2.24. The Kier molecular flexibility index (Phi) is 5.46. The number of benzene rings is 1. The van der Waals surface area contributed by atoms with E-state index in [1.54, 1.807) is 12.4 Å². The van der Waals surface area contributed by atoms with Crippen LogP contribution in [-0.4, -0.2) is 60.0 Å². The molecule has 0 atom stereocenters. The topological polar surface area (TPSA) is 52.6 Å². The standard InChI is InChI=1S/C22H29N5O/c1-17-7-6-8-20(18(17)2)25-11-13-27(14-12-25)22(28)19-15-24-21(16-23-19)26-9-4-3-5-10-26/h6-8,15-16H,3-5,9-14H2,1-2H3. The zero-order chi connectivity index (χ0) is 19.5. The van der Waals surface area contributed by atoms with Crippen LogP contribution in [0.1, 0.15) is 40.9 Å². The maximum Gasteiger partial charge on any atom is 0.274 e. The third-order valence-electron chi connectivity index (χ3n) is 6.02. The molecule has 1 aromatic heterocycles. The molecule has 0 N–H and O–H groups in total. The molecule has 0 bridgehead atoms. The monoisotopic (exact) mass is 379 g/mol. The van der Waals surface area contributed by atoms with E-state index < -0.39 is 0 Å². The Balaban J connectivity index is 1.38. The number of anilines is 2. The fraction of sp³-hybridized carbons (Fsp3) is 0.500. The molecule has 4 rings (SSSR count). The fourth-order valence-corrected chi connectivity index (χ4v) is 4.11. The molecule has 2 fully saturated rings. The van der Waals surface area contributed by atoms with Gasteiger partial charge in [0.25, 0.3) is 5.91 Å². The first kappa shape index (κ1) is 18.7. The molecule has 6 heteroatoms. The van der Waals surface area contributed by atoms with Crippen molar-refractivity contribution in [2.75, 3.05) is 49.1 Å². The summed E-state index contributed by atoms with van der Waals surface area (Å²) in [6.07, 6.45) is 7.09. The van der Waals surface area contributed by atoms with Gasteiger partial charge in [-0.25, -0.2) is 9.97 Å². The maximum atomic E-state index is 12.8. The second-order valence-electron chi connectivity index (χ2n) is 7.81. The number of aryl methyl sites for hydroxylation is 1. The molecule has 2 aromatic rings. The molecule has 6 nitrogen and oxygen atoms in total. The van der Waals surface area contributed by atoms with E-state index in [0.717, 1.165) is 32.0 Å². The molecule has 1 amide bonds. The van der Waals surface area contributed by atoms with E-state index in [-0.39, 0.29) is 5.91 Å². The van der Waals surface area contributed by atoms with Gasteiger partial charge < -0.3 is 14.7 Å². The lowest BCUT2D eigenvalue weighted by atomic mass is 10.1. The quantitative estimate of drug-likeness (QED) is 0.820. The molecular formula is C22H29N5O. The van der Waals surface area contributed by atoms with Crippen LogP contribution in [-0.2, 0) is 0 Å². The van der Waals surface area contributed by atoms with Crippen molar-refractivity contribution < 1.29 is 4.79 Å². The van der Waals surface area contributed by atoms with E-state index in [4.69, 9.17) is 0 Å². The zero-order valence-corrected chi connectivity index (χ0v) is 16.9. The Morgan fingerprint density at radius 2 is 1.61 bits per heavy atom. The molecule has 2 aliphatic rings. The first-order valence-electron chi connectivity index (χ1n) is 10.3. The van der Waals surface area contributed by atoms with Gasteiger partial charge in [0.15, 0.2) is 0 Å². The molecule has 148 valence electrons. The Morgan fingerprint density at radius 3 is 2.29 bits per heavy atom. The highest BCUT2D eigenvalue weighted by molar-refractivity contribution is 5.92. The summed E-state index contributed by atoms with van der Waals surface area (Å²) in [7, 11) is 0. The molecule has 0 aliphatic carbocycles. The van der Waals surface area contributed by atoms with E-state index >= 15 is 0 Å². The molecule has 3 heterocycles. The van der Waals surface area contributed by atoms with Crippen LogP contribution in [0.2, 0.25) is 0 Å². The summed E-state index contributed by atoms with van der Waals surface area (Å²) in [5.41, 5.74) is 4.35. The van der Waals surface area contributed by atoms with Crippen LogP contribution in [0.15, 0.2) is 30.6 Å². The molecule has 2 aliphatic heterocycles. The minimum atomic E-state index is -0.0155. The van der Waals surface area contributed by atoms with Crippen molar-refractivity contribution in [1.82, 2.24) is 14.9 Å². The van der Waals surface area contributed by atoms with Crippen LogP contribution in [0.4, 0.5) is 11.5 Å². The fourth-order valence-electron chi connectivity index (χ4n) is 4.11. The smallest absolute Gasteiger partial charge is 0.274 e. The normalized spacial score (nSPS) is 17.7. The minimum absolute atomic E-state index is 0.0155. The number of nitrogens with zero attached hydrogens (tertiary/aromatic N) is 5. The average molecular weight is 380 g/mol. The summed E-state index contributed by atoms with van der Waals surface area (Å²) < 4.78 is 0. The molecule has 0 unspecified atom stereocenters. The molecule has 0 spiro atoms. The third-order valence-corrected chi connectivity index (χ3v) is 6.02. The number of piperazine rings is 1. The summed E-state index contributed by atoms with van der Waals surface area (Å²) in [6.45, 7) is 9.48. The number of amides is 1. The number of hydrogen-bond acceptors (Lipinski definition) is 5. The molecular weight excluding hydrogens is 350 g/mol. The number of hydrogen-bond donors (Lipinski definition) is 0. The van der Waals surface area contributed by atoms with Gasteiger partial charge in [-0.15, -0.1) is 0 Å². The highest BCUT2D eigenvalue weighted by Gasteiger charge is 2.24. The van der Waals surface area contributed by atoms with Crippen molar-refractivity contribution in [1.29, 1.82) is 0 Å². The van der Waals surface area contributed by atoms with Crippen molar-refractivity contribution in [3.05, 3.63) is 47.4 Å². The molecule has 0 saturated carbocycles. The van der Waals surface area contributed by atoms with E-state index in [1.165, 1.54) is 36.1 Å². The summed E-state index contributed by atoms with van der Waals surface area (Å²) in [6, 6.07) is 6.42. The number of piperidine rings is 1. The van der Waals surface area contributed by atoms with Gasteiger partial charge >= 0.3 is 0 Å². The second-order valence-corrected chi connectivity index (χ2v) is 7.81. The zero-order valence-electron chi connectivity index (χ0n) is 16.9. The molecule has 1 aromatic carbocycles. The predicted molar refractivity (Wildman–Crippen MR) is 112 cm³/mol. The molecule has 2 saturated heterocycles. The van der Waals surface area contributed by atoms with Crippen molar-refractivity contribution in [2.24, 2.45) is 0 Å². The van der Waals surface area contributed by atoms with Gasteiger partial charge in [-0.2, -0.15) is 0 Å². The first-order valence-corrected chi connectivity index (χ1v) is 10.3. The Morgan fingerprint density at radius 1 is 0.857 bits per heavy atom. The van der Waals surface area contributed by atoms with Crippen molar-refractivity contribution in [2.45, 2.75) is 33.1 Å². The highest BCUT2D eigenvalue weighted by atomic mass is 16.2. The summed E-state index contributed by atoms with van der Waals surface area (Å²) in [5.74, 6) is 0.870. The molecule has 0 radical (unpaired) electrons. The minimum Gasteiger partial charge on any atom is -0.368 e. The van der Waals surface area contributed by atoms with Crippen LogP contribution in [0.25, 0.3) is 0 Å². The van der Waals surface area contributed by atoms with Gasteiger partial charge in [-0.1, -0.05) is 12.1 Å². The number of carbonyl (C=O) groups is 1. The van der Waals surface area contributed by atoms with Crippen LogP contribution in [0, 0.1) is 13.8 Å². The number of carbonyl (C=O) groups excluding carboxylic acids is 1. The lowest BCUT2D eigenvalue weighted by Gasteiger charge is -2.37. The van der Waals surface area contributed by atoms with Gasteiger partial charge in [-0.3, -0.25) is 4.79 Å². The van der Waals surface area contributed by atoms with Crippen molar-refractivity contribution in [3.8, 4) is 0 Å². The first-order chi connectivity index (χ1) is 13.6. The van der Waals surface area contributed by atoms with Crippen LogP contribution in [0.3, 0.4) is 0 Å². The Bertz CT molecular complexity index is 821. The average Bonchev–Trinajstić information content (AvgIpc) is 2.76. The van der Waals surface area contributed by atoms with E-state index in [0.29, 0.717) is 18.8 Å². The van der Waals surface area contributed by atoms with Crippen molar-refractivity contribution >= 4 is 17.4 Å². The third kappa shape index (κ3) is 3.81. The van der Waals surface area contributed by atoms with Crippen LogP contribution >= 0.6 is 0 Å². The maximum absolute atomic E-state index is 12.8. The van der Waals surface area contributed by atoms with Gasteiger partial charge in [0.1, 0.15) is 11.5 Å². The summed E-state index contributed by atoms with van der Waals surface area (Å²) in [5, 5.41) is 0. The SMILES string of the molecule is Cc1cccc(N2CCN(C(=O)c3cnc(N4CCCCC4)cn3)CC2)c1C. The van der Waals surface area contributed by atoms with Gasteiger partial charge in [-0.05, 0) is 50.3 Å². The van der Waals surface area contributed by atoms with Crippen molar-refractivity contribution in [3.63, 3.8) is 0 Å². The lowest BCUT2D eigenvalue weighted by molar-refractivity contribution is 0.0740. The largest absolute Gasteiger partial charge is 0.368 e. The second kappa shape index (κ2) is 8.17. The van der Waals surface area contributed by atoms with Gasteiger partial charge in [0.05, 0.1) is 12.4 Å². The summed E-state index contributed by atoms with van der Waals surface area (Å²) in [4.78, 5) is 28.3. The van der Waals surface area contributed by atoms with E-state index in [1.807, 2.05) is 4.90 Å². The Labute approximate surface area is 167 Å². The number of rotatable bonds is 3. The van der Waals surface area contributed by atoms with E-state index in [9.17, 15) is 4.79 Å². The Hall–Kier alpha value is -2.63.